The van der Waals surface area contributed by atoms with Crippen LogP contribution in [0.25, 0.3) is 10.9 Å². The van der Waals surface area contributed by atoms with Crippen LogP contribution in [-0.4, -0.2) is 14.3 Å². The van der Waals surface area contributed by atoms with Gasteiger partial charge < -0.3 is 10.3 Å². The summed E-state index contributed by atoms with van der Waals surface area (Å²) < 4.78 is 4.40. The highest BCUT2D eigenvalue weighted by Crippen LogP contribution is 2.26. The van der Waals surface area contributed by atoms with Crippen molar-refractivity contribution in [1.82, 2.24) is 14.3 Å². The Morgan fingerprint density at radius 3 is 2.79 bits per heavy atom. The number of benzene rings is 1. The average Bonchev–Trinajstić information content (AvgIpc) is 2.95. The molecule has 0 aliphatic carbocycles. The fourth-order valence-electron chi connectivity index (χ4n) is 1.83. The van der Waals surface area contributed by atoms with E-state index in [1.165, 1.54) is 16.9 Å². The second-order valence-corrected chi connectivity index (χ2v) is 6.33. The molecule has 0 unspecified atom stereocenters. The summed E-state index contributed by atoms with van der Waals surface area (Å²) in [6.07, 6.45) is 1.94. The normalized spacial score (nSPS) is 11.9. The maximum Gasteiger partial charge on any atom is 0.207 e. The number of hydrogen-bond donors (Lipinski definition) is 2. The van der Waals surface area contributed by atoms with Crippen LogP contribution in [0.4, 0.5) is 10.8 Å². The number of hydrogen-bond acceptors (Lipinski definition) is 4. The summed E-state index contributed by atoms with van der Waals surface area (Å²) in [4.78, 5) is 7.71. The van der Waals surface area contributed by atoms with E-state index in [1.807, 2.05) is 12.3 Å². The highest BCUT2D eigenvalue weighted by Gasteiger charge is 2.19. The molecule has 0 radical (unpaired) electrons. The Morgan fingerprint density at radius 1 is 1.21 bits per heavy atom. The van der Waals surface area contributed by atoms with Crippen LogP contribution >= 0.6 is 11.5 Å². The number of fused-ring (bicyclic) bond motifs is 1. The Morgan fingerprint density at radius 2 is 2.05 bits per heavy atom. The van der Waals surface area contributed by atoms with Gasteiger partial charge >= 0.3 is 0 Å². The standard InChI is InChI=1S/C14H16N4S/c1-14(2,3)12-17-13(19-18-12)16-10-4-5-11-9(8-10)6-7-15-11/h4-8,15H,1-3H3,(H,16,17,18). The van der Waals surface area contributed by atoms with E-state index in [0.29, 0.717) is 0 Å². The van der Waals surface area contributed by atoms with Gasteiger partial charge in [0.05, 0.1) is 0 Å². The minimum Gasteiger partial charge on any atom is -0.361 e. The number of anilines is 2. The molecule has 0 spiro atoms. The largest absolute Gasteiger partial charge is 0.361 e. The van der Waals surface area contributed by atoms with E-state index in [4.69, 9.17) is 0 Å². The molecule has 0 amide bonds. The van der Waals surface area contributed by atoms with Crippen LogP contribution in [0.15, 0.2) is 30.5 Å². The highest BCUT2D eigenvalue weighted by atomic mass is 32.1. The summed E-state index contributed by atoms with van der Waals surface area (Å²) in [5.41, 5.74) is 2.16. The SMILES string of the molecule is CC(C)(C)c1nsc(Nc2ccc3[nH]ccc3c2)n1. The van der Waals surface area contributed by atoms with Crippen molar-refractivity contribution in [3.63, 3.8) is 0 Å². The lowest BCUT2D eigenvalue weighted by molar-refractivity contribution is 0.555. The lowest BCUT2D eigenvalue weighted by atomic mass is 9.96. The summed E-state index contributed by atoms with van der Waals surface area (Å²) in [6, 6.07) is 8.26. The van der Waals surface area contributed by atoms with Crippen LogP contribution in [0.3, 0.4) is 0 Å². The lowest BCUT2D eigenvalue weighted by Gasteiger charge is -2.12. The van der Waals surface area contributed by atoms with Crippen molar-refractivity contribution >= 4 is 33.3 Å². The molecule has 2 N–H and O–H groups in total. The minimum atomic E-state index is -0.0129. The third kappa shape index (κ3) is 2.46. The third-order valence-electron chi connectivity index (χ3n) is 2.90. The summed E-state index contributed by atoms with van der Waals surface area (Å²) >= 11 is 1.40. The summed E-state index contributed by atoms with van der Waals surface area (Å²) in [7, 11) is 0. The molecule has 3 aromatic rings. The van der Waals surface area contributed by atoms with E-state index in [0.717, 1.165) is 22.2 Å². The minimum absolute atomic E-state index is 0.0129. The zero-order chi connectivity index (χ0) is 13.5. The molecule has 98 valence electrons. The van der Waals surface area contributed by atoms with Crippen molar-refractivity contribution in [2.75, 3.05) is 5.32 Å². The summed E-state index contributed by atoms with van der Waals surface area (Å²) in [6.45, 7) is 6.35. The van der Waals surface area contributed by atoms with Gasteiger partial charge in [0.1, 0.15) is 5.82 Å². The molecular formula is C14H16N4S. The maximum atomic E-state index is 4.53. The molecule has 1 aromatic carbocycles. The first-order chi connectivity index (χ1) is 9.02. The van der Waals surface area contributed by atoms with Crippen molar-refractivity contribution in [2.24, 2.45) is 0 Å². The second kappa shape index (κ2) is 4.35. The molecule has 3 rings (SSSR count). The van der Waals surface area contributed by atoms with Crippen molar-refractivity contribution in [3.8, 4) is 0 Å². The molecule has 19 heavy (non-hydrogen) atoms. The van der Waals surface area contributed by atoms with Crippen LogP contribution in [0.2, 0.25) is 0 Å². The Hall–Kier alpha value is -1.88. The molecule has 0 saturated heterocycles. The van der Waals surface area contributed by atoms with Crippen LogP contribution in [0.5, 0.6) is 0 Å². The lowest BCUT2D eigenvalue weighted by Crippen LogP contribution is -2.13. The molecule has 5 heteroatoms. The number of nitrogens with zero attached hydrogens (tertiary/aromatic N) is 2. The van der Waals surface area contributed by atoms with Gasteiger partial charge in [0.25, 0.3) is 0 Å². The topological polar surface area (TPSA) is 53.6 Å². The third-order valence-corrected chi connectivity index (χ3v) is 3.53. The monoisotopic (exact) mass is 272 g/mol. The first-order valence-corrected chi connectivity index (χ1v) is 6.98. The Labute approximate surface area is 116 Å². The first kappa shape index (κ1) is 12.2. The molecule has 0 aliphatic rings. The van der Waals surface area contributed by atoms with Gasteiger partial charge in [-0.15, -0.1) is 0 Å². The number of aromatic amines is 1. The fraction of sp³-hybridized carbons (Fsp3) is 0.286. The van der Waals surface area contributed by atoms with Gasteiger partial charge in [0.2, 0.25) is 5.13 Å². The predicted molar refractivity (Wildman–Crippen MR) is 80.2 cm³/mol. The average molecular weight is 272 g/mol. The molecule has 0 saturated carbocycles. The van der Waals surface area contributed by atoms with Gasteiger partial charge in [0, 0.05) is 39.7 Å². The molecule has 0 bridgehead atoms. The van der Waals surface area contributed by atoms with E-state index in [2.05, 4.69) is 58.6 Å². The van der Waals surface area contributed by atoms with Gasteiger partial charge in [0.15, 0.2) is 0 Å². The number of aromatic nitrogens is 3. The van der Waals surface area contributed by atoms with Gasteiger partial charge in [-0.05, 0) is 24.3 Å². The molecule has 2 aromatic heterocycles. The summed E-state index contributed by atoms with van der Waals surface area (Å²) in [5, 5.41) is 5.33. The zero-order valence-corrected chi connectivity index (χ0v) is 12.0. The van der Waals surface area contributed by atoms with E-state index in [1.54, 1.807) is 0 Å². The molecule has 0 aliphatic heterocycles. The van der Waals surface area contributed by atoms with Crippen LogP contribution in [-0.2, 0) is 5.41 Å². The highest BCUT2D eigenvalue weighted by molar-refractivity contribution is 7.09. The quantitative estimate of drug-likeness (QED) is 0.739. The number of rotatable bonds is 2. The van der Waals surface area contributed by atoms with Crippen LogP contribution in [0.1, 0.15) is 26.6 Å². The van der Waals surface area contributed by atoms with Crippen molar-refractivity contribution in [1.29, 1.82) is 0 Å². The summed E-state index contributed by atoms with van der Waals surface area (Å²) in [5.74, 6) is 0.878. The first-order valence-electron chi connectivity index (χ1n) is 6.21. The van der Waals surface area contributed by atoms with Crippen molar-refractivity contribution < 1.29 is 0 Å². The molecule has 0 fully saturated rings. The van der Waals surface area contributed by atoms with E-state index >= 15 is 0 Å². The Balaban J connectivity index is 1.86. The van der Waals surface area contributed by atoms with E-state index < -0.39 is 0 Å². The zero-order valence-electron chi connectivity index (χ0n) is 11.2. The molecule has 4 nitrogen and oxygen atoms in total. The van der Waals surface area contributed by atoms with Gasteiger partial charge in [-0.3, -0.25) is 0 Å². The van der Waals surface area contributed by atoms with Crippen molar-refractivity contribution in [3.05, 3.63) is 36.3 Å². The van der Waals surface area contributed by atoms with E-state index in [9.17, 15) is 0 Å². The van der Waals surface area contributed by atoms with Gasteiger partial charge in [-0.1, -0.05) is 20.8 Å². The maximum absolute atomic E-state index is 4.53. The number of H-pyrrole nitrogens is 1. The molecule has 2 heterocycles. The second-order valence-electron chi connectivity index (χ2n) is 5.58. The van der Waals surface area contributed by atoms with Crippen LogP contribution in [0, 0.1) is 0 Å². The molecule has 0 atom stereocenters. The van der Waals surface area contributed by atoms with Gasteiger partial charge in [-0.2, -0.15) is 4.37 Å². The van der Waals surface area contributed by atoms with Crippen LogP contribution < -0.4 is 5.32 Å². The predicted octanol–water partition coefficient (Wildman–Crippen LogP) is 4.06. The van der Waals surface area contributed by atoms with Crippen molar-refractivity contribution in [2.45, 2.75) is 26.2 Å². The Bertz CT molecular complexity index is 705. The van der Waals surface area contributed by atoms with Gasteiger partial charge in [-0.25, -0.2) is 4.98 Å². The Kier molecular flexibility index (Phi) is 2.78. The fourth-order valence-corrected chi connectivity index (χ4v) is 2.61. The smallest absolute Gasteiger partial charge is 0.207 e. The number of nitrogens with one attached hydrogen (secondary N) is 2. The van der Waals surface area contributed by atoms with E-state index in [-0.39, 0.29) is 5.41 Å². The molecular weight excluding hydrogens is 256 g/mol.